The summed E-state index contributed by atoms with van der Waals surface area (Å²) in [6, 6.07) is 7.36. The fourth-order valence-corrected chi connectivity index (χ4v) is 4.59. The van der Waals surface area contributed by atoms with Crippen molar-refractivity contribution in [1.82, 2.24) is 9.80 Å². The number of likely N-dealkylation sites (tertiary alicyclic amines) is 2. The van der Waals surface area contributed by atoms with Crippen LogP contribution < -0.4 is 4.90 Å². The molecule has 4 rings (SSSR count). The Labute approximate surface area is 166 Å². The van der Waals surface area contributed by atoms with Gasteiger partial charge < -0.3 is 14.7 Å². The molecule has 0 aliphatic carbocycles. The molecular formula is C22H29N3O3. The number of carbonyl (C=O) groups excluding carboxylic acids is 3. The minimum absolute atomic E-state index is 0.0168. The molecule has 150 valence electrons. The van der Waals surface area contributed by atoms with Crippen LogP contribution in [0.3, 0.4) is 0 Å². The number of hydrogen-bond acceptors (Lipinski definition) is 3. The Morgan fingerprint density at radius 2 is 1.46 bits per heavy atom. The molecule has 1 aromatic rings. The molecule has 6 heteroatoms. The Bertz CT molecular complexity index is 732. The normalized spacial score (nSPS) is 21.3. The van der Waals surface area contributed by atoms with E-state index in [2.05, 4.69) is 0 Å². The van der Waals surface area contributed by atoms with Gasteiger partial charge in [-0.15, -0.1) is 0 Å². The second-order valence-corrected chi connectivity index (χ2v) is 8.15. The summed E-state index contributed by atoms with van der Waals surface area (Å²) in [6.45, 7) is 3.81. The lowest BCUT2D eigenvalue weighted by Gasteiger charge is -2.35. The van der Waals surface area contributed by atoms with Gasteiger partial charge in [-0.05, 0) is 62.8 Å². The van der Waals surface area contributed by atoms with Gasteiger partial charge >= 0.3 is 0 Å². The predicted octanol–water partition coefficient (Wildman–Crippen LogP) is 2.68. The van der Waals surface area contributed by atoms with Gasteiger partial charge in [-0.3, -0.25) is 14.4 Å². The van der Waals surface area contributed by atoms with Crippen molar-refractivity contribution in [2.45, 2.75) is 44.9 Å². The van der Waals surface area contributed by atoms with Crippen LogP contribution in [0.2, 0.25) is 0 Å². The van der Waals surface area contributed by atoms with Gasteiger partial charge in [0.05, 0.1) is 0 Å². The lowest BCUT2D eigenvalue weighted by atomic mass is 9.94. The van der Waals surface area contributed by atoms with E-state index in [0.29, 0.717) is 25.1 Å². The number of rotatable bonds is 3. The third-order valence-electron chi connectivity index (χ3n) is 6.30. The van der Waals surface area contributed by atoms with Gasteiger partial charge in [0.2, 0.25) is 11.8 Å². The van der Waals surface area contributed by atoms with Crippen LogP contribution in [0.1, 0.15) is 55.3 Å². The largest absolute Gasteiger partial charge is 0.342 e. The van der Waals surface area contributed by atoms with Crippen molar-refractivity contribution in [1.29, 1.82) is 0 Å². The van der Waals surface area contributed by atoms with E-state index in [1.54, 1.807) is 4.90 Å². The third-order valence-corrected chi connectivity index (χ3v) is 6.30. The number of carbonyl (C=O) groups is 3. The molecule has 0 spiro atoms. The first-order valence-electron chi connectivity index (χ1n) is 10.6. The molecule has 0 N–H and O–H groups in total. The summed E-state index contributed by atoms with van der Waals surface area (Å²) in [5.74, 6) is 0.514. The molecule has 0 bridgehead atoms. The van der Waals surface area contributed by atoms with Gasteiger partial charge in [0.25, 0.3) is 5.91 Å². The molecule has 3 amide bonds. The molecule has 3 heterocycles. The molecule has 3 fully saturated rings. The molecule has 0 unspecified atom stereocenters. The molecule has 3 aliphatic rings. The van der Waals surface area contributed by atoms with Crippen LogP contribution in [0, 0.1) is 5.92 Å². The molecule has 0 radical (unpaired) electrons. The van der Waals surface area contributed by atoms with Crippen molar-refractivity contribution in [3.63, 3.8) is 0 Å². The highest BCUT2D eigenvalue weighted by Crippen LogP contribution is 2.25. The standard InChI is InChI=1S/C22H29N3O3/c26-20-5-4-14-25(20)19-8-6-17(7-9-19)21(27)24-15-10-18(11-16-24)22(28)23-12-2-1-3-13-23/h6-9,18H,1-5,10-16H2. The first-order valence-corrected chi connectivity index (χ1v) is 10.6. The quantitative estimate of drug-likeness (QED) is 0.806. The van der Waals surface area contributed by atoms with Crippen LogP contribution >= 0.6 is 0 Å². The van der Waals surface area contributed by atoms with Crippen LogP contribution in [0.4, 0.5) is 5.69 Å². The minimum Gasteiger partial charge on any atom is -0.342 e. The van der Waals surface area contributed by atoms with Gasteiger partial charge in [-0.25, -0.2) is 0 Å². The number of benzene rings is 1. The number of amides is 3. The Balaban J connectivity index is 1.32. The lowest BCUT2D eigenvalue weighted by molar-refractivity contribution is -0.137. The summed E-state index contributed by atoms with van der Waals surface area (Å²) in [4.78, 5) is 43.0. The average molecular weight is 383 g/mol. The first kappa shape index (κ1) is 19.0. The van der Waals surface area contributed by atoms with E-state index in [4.69, 9.17) is 0 Å². The summed E-state index contributed by atoms with van der Waals surface area (Å²) in [6.07, 6.45) is 6.45. The van der Waals surface area contributed by atoms with E-state index in [9.17, 15) is 14.4 Å². The molecule has 1 aromatic carbocycles. The van der Waals surface area contributed by atoms with E-state index in [-0.39, 0.29) is 23.6 Å². The van der Waals surface area contributed by atoms with Crippen LogP contribution in [-0.4, -0.2) is 60.2 Å². The third kappa shape index (κ3) is 3.91. The van der Waals surface area contributed by atoms with Gasteiger partial charge in [0, 0.05) is 56.3 Å². The monoisotopic (exact) mass is 383 g/mol. The topological polar surface area (TPSA) is 60.9 Å². The smallest absolute Gasteiger partial charge is 0.253 e. The van der Waals surface area contributed by atoms with Gasteiger partial charge in [0.15, 0.2) is 0 Å². The molecule has 0 atom stereocenters. The molecule has 0 aromatic heterocycles. The molecular weight excluding hydrogens is 354 g/mol. The van der Waals surface area contributed by atoms with Gasteiger partial charge in [-0.1, -0.05) is 0 Å². The van der Waals surface area contributed by atoms with Gasteiger partial charge in [0.1, 0.15) is 0 Å². The van der Waals surface area contributed by atoms with E-state index in [0.717, 1.165) is 57.4 Å². The number of anilines is 1. The van der Waals surface area contributed by atoms with Crippen molar-refractivity contribution in [3.8, 4) is 0 Å². The van der Waals surface area contributed by atoms with Crippen molar-refractivity contribution >= 4 is 23.4 Å². The average Bonchev–Trinajstić information content (AvgIpc) is 3.19. The van der Waals surface area contributed by atoms with E-state index >= 15 is 0 Å². The van der Waals surface area contributed by atoms with Crippen LogP contribution in [0.25, 0.3) is 0 Å². The summed E-state index contributed by atoms with van der Waals surface area (Å²) < 4.78 is 0. The number of piperidine rings is 2. The molecule has 3 saturated heterocycles. The van der Waals surface area contributed by atoms with E-state index in [1.807, 2.05) is 34.1 Å². The Kier molecular flexibility index (Phi) is 5.64. The second kappa shape index (κ2) is 8.33. The Morgan fingerprint density at radius 1 is 0.786 bits per heavy atom. The highest BCUT2D eigenvalue weighted by Gasteiger charge is 2.31. The zero-order chi connectivity index (χ0) is 19.5. The summed E-state index contributed by atoms with van der Waals surface area (Å²) in [5, 5.41) is 0. The highest BCUT2D eigenvalue weighted by molar-refractivity contribution is 5.97. The fraction of sp³-hybridized carbons (Fsp3) is 0.591. The number of hydrogen-bond donors (Lipinski definition) is 0. The summed E-state index contributed by atoms with van der Waals surface area (Å²) >= 11 is 0. The van der Waals surface area contributed by atoms with E-state index in [1.165, 1.54) is 6.42 Å². The van der Waals surface area contributed by atoms with Crippen molar-refractivity contribution in [2.24, 2.45) is 5.92 Å². The van der Waals surface area contributed by atoms with Crippen molar-refractivity contribution < 1.29 is 14.4 Å². The maximum atomic E-state index is 12.8. The summed E-state index contributed by atoms with van der Waals surface area (Å²) in [5.41, 5.74) is 1.51. The van der Waals surface area contributed by atoms with Crippen LogP contribution in [0.5, 0.6) is 0 Å². The van der Waals surface area contributed by atoms with Crippen LogP contribution in [-0.2, 0) is 9.59 Å². The second-order valence-electron chi connectivity index (χ2n) is 8.15. The zero-order valence-corrected chi connectivity index (χ0v) is 16.4. The molecule has 0 saturated carbocycles. The first-order chi connectivity index (χ1) is 13.6. The molecule has 6 nitrogen and oxygen atoms in total. The highest BCUT2D eigenvalue weighted by atomic mass is 16.2. The Morgan fingerprint density at radius 3 is 2.07 bits per heavy atom. The maximum Gasteiger partial charge on any atom is 0.253 e. The van der Waals surface area contributed by atoms with Gasteiger partial charge in [-0.2, -0.15) is 0 Å². The SMILES string of the molecule is O=C(c1ccc(N2CCCC2=O)cc1)N1CCC(C(=O)N2CCCCC2)CC1. The lowest BCUT2D eigenvalue weighted by Crippen LogP contribution is -2.45. The fourth-order valence-electron chi connectivity index (χ4n) is 4.59. The van der Waals surface area contributed by atoms with Crippen molar-refractivity contribution in [3.05, 3.63) is 29.8 Å². The Hall–Kier alpha value is -2.37. The minimum atomic E-state index is 0.0168. The molecule has 28 heavy (non-hydrogen) atoms. The zero-order valence-electron chi connectivity index (χ0n) is 16.4. The van der Waals surface area contributed by atoms with E-state index < -0.39 is 0 Å². The number of nitrogens with zero attached hydrogens (tertiary/aromatic N) is 3. The predicted molar refractivity (Wildman–Crippen MR) is 107 cm³/mol. The molecule has 3 aliphatic heterocycles. The maximum absolute atomic E-state index is 12.8. The van der Waals surface area contributed by atoms with Crippen molar-refractivity contribution in [2.75, 3.05) is 37.6 Å². The van der Waals surface area contributed by atoms with Crippen LogP contribution in [0.15, 0.2) is 24.3 Å². The summed E-state index contributed by atoms with van der Waals surface area (Å²) in [7, 11) is 0.